The molecule has 28 heavy (non-hydrogen) atoms. The van der Waals surface area contributed by atoms with E-state index < -0.39 is 0 Å². The van der Waals surface area contributed by atoms with E-state index in [0.29, 0.717) is 16.7 Å². The van der Waals surface area contributed by atoms with Crippen molar-refractivity contribution in [3.63, 3.8) is 0 Å². The van der Waals surface area contributed by atoms with Crippen molar-refractivity contribution in [3.05, 3.63) is 64.5 Å². The first kappa shape index (κ1) is 18.4. The van der Waals surface area contributed by atoms with E-state index >= 15 is 0 Å². The van der Waals surface area contributed by atoms with Crippen molar-refractivity contribution < 1.29 is 9.53 Å². The highest BCUT2D eigenvalue weighted by atomic mass is 32.1. The second-order valence-corrected chi connectivity index (χ2v) is 8.01. The van der Waals surface area contributed by atoms with Crippen LogP contribution < -0.4 is 10.1 Å². The molecule has 0 saturated carbocycles. The average Bonchev–Trinajstić information content (AvgIpc) is 3.41. The molecule has 1 amide bonds. The molecule has 0 unspecified atom stereocenters. The normalized spacial score (nSPS) is 10.8. The lowest BCUT2D eigenvalue weighted by atomic mass is 10.2. The number of thiazole rings is 1. The van der Waals surface area contributed by atoms with E-state index in [-0.39, 0.29) is 12.5 Å². The van der Waals surface area contributed by atoms with Crippen LogP contribution in [-0.4, -0.2) is 27.3 Å². The molecule has 142 valence electrons. The second-order valence-electron chi connectivity index (χ2n) is 6.23. The van der Waals surface area contributed by atoms with Crippen molar-refractivity contribution in [2.45, 2.75) is 13.8 Å². The smallest absolute Gasteiger partial charge is 0.263 e. The minimum absolute atomic E-state index is 0.0778. The monoisotopic (exact) mass is 410 g/mol. The largest absolute Gasteiger partial charge is 0.484 e. The van der Waals surface area contributed by atoms with Gasteiger partial charge in [0.1, 0.15) is 11.6 Å². The van der Waals surface area contributed by atoms with Crippen molar-refractivity contribution >= 4 is 34.4 Å². The molecule has 1 aromatic carbocycles. The minimum atomic E-state index is -0.253. The number of thiophene rings is 1. The van der Waals surface area contributed by atoms with Crippen LogP contribution in [-0.2, 0) is 4.79 Å². The van der Waals surface area contributed by atoms with E-state index in [4.69, 9.17) is 4.74 Å². The third-order valence-corrected chi connectivity index (χ3v) is 5.65. The molecule has 0 radical (unpaired) electrons. The van der Waals surface area contributed by atoms with Gasteiger partial charge in [0.05, 0.1) is 16.3 Å². The maximum absolute atomic E-state index is 12.3. The quantitative estimate of drug-likeness (QED) is 0.501. The summed E-state index contributed by atoms with van der Waals surface area (Å²) in [6, 6.07) is 13.4. The summed E-state index contributed by atoms with van der Waals surface area (Å²) < 4.78 is 7.20. The number of aryl methyl sites for hydroxylation is 2. The van der Waals surface area contributed by atoms with Crippen molar-refractivity contribution in [1.29, 1.82) is 0 Å². The Morgan fingerprint density at radius 1 is 1.18 bits per heavy atom. The van der Waals surface area contributed by atoms with Gasteiger partial charge < -0.3 is 10.1 Å². The van der Waals surface area contributed by atoms with E-state index in [2.05, 4.69) is 15.4 Å². The molecule has 6 nitrogen and oxygen atoms in total. The number of hydrogen-bond donors (Lipinski definition) is 1. The van der Waals surface area contributed by atoms with Gasteiger partial charge in [-0.05, 0) is 37.4 Å². The molecule has 0 aliphatic carbocycles. The highest BCUT2D eigenvalue weighted by Gasteiger charge is 2.15. The number of aromatic nitrogens is 3. The van der Waals surface area contributed by atoms with Gasteiger partial charge in [-0.25, -0.2) is 4.98 Å². The van der Waals surface area contributed by atoms with E-state index in [0.717, 1.165) is 21.8 Å². The van der Waals surface area contributed by atoms with Crippen LogP contribution in [0.4, 0.5) is 5.82 Å². The molecule has 4 rings (SSSR count). The Morgan fingerprint density at radius 3 is 2.75 bits per heavy atom. The van der Waals surface area contributed by atoms with Gasteiger partial charge in [0.25, 0.3) is 5.91 Å². The first-order valence-corrected chi connectivity index (χ1v) is 10.4. The first-order chi connectivity index (χ1) is 13.6. The molecular formula is C20H18N4O2S2. The Hall–Kier alpha value is -2.97. The van der Waals surface area contributed by atoms with E-state index in [9.17, 15) is 4.79 Å². The Labute approximate surface area is 170 Å². The summed E-state index contributed by atoms with van der Waals surface area (Å²) in [5.74, 6) is 0.977. The number of benzene rings is 1. The Morgan fingerprint density at radius 2 is 2.00 bits per heavy atom. The van der Waals surface area contributed by atoms with Crippen molar-refractivity contribution in [2.75, 3.05) is 11.9 Å². The molecule has 8 heteroatoms. The molecule has 0 atom stereocenters. The summed E-state index contributed by atoms with van der Waals surface area (Å²) >= 11 is 3.12. The van der Waals surface area contributed by atoms with Crippen molar-refractivity contribution in [3.8, 4) is 21.5 Å². The zero-order valence-electron chi connectivity index (χ0n) is 15.4. The Bertz CT molecular complexity index is 1080. The molecule has 0 aliphatic rings. The number of anilines is 1. The second kappa shape index (κ2) is 7.95. The highest BCUT2D eigenvalue weighted by Crippen LogP contribution is 2.29. The maximum atomic E-state index is 12.3. The topological polar surface area (TPSA) is 69.0 Å². The number of hydrogen-bond acceptors (Lipinski definition) is 6. The minimum Gasteiger partial charge on any atom is -0.484 e. The van der Waals surface area contributed by atoms with E-state index in [1.165, 1.54) is 11.3 Å². The van der Waals surface area contributed by atoms with Gasteiger partial charge in [0.15, 0.2) is 6.61 Å². The summed E-state index contributed by atoms with van der Waals surface area (Å²) in [5, 5.41) is 12.0. The molecule has 4 aromatic rings. The highest BCUT2D eigenvalue weighted by molar-refractivity contribution is 7.15. The number of amides is 1. The average molecular weight is 411 g/mol. The van der Waals surface area contributed by atoms with Gasteiger partial charge in [0, 0.05) is 11.4 Å². The van der Waals surface area contributed by atoms with Gasteiger partial charge in [-0.1, -0.05) is 23.8 Å². The summed E-state index contributed by atoms with van der Waals surface area (Å²) in [6.45, 7) is 3.80. The van der Waals surface area contributed by atoms with Crippen molar-refractivity contribution in [1.82, 2.24) is 14.8 Å². The number of nitrogens with zero attached hydrogens (tertiary/aromatic N) is 3. The number of rotatable bonds is 6. The van der Waals surface area contributed by atoms with Gasteiger partial charge in [0.2, 0.25) is 5.13 Å². The summed E-state index contributed by atoms with van der Waals surface area (Å²) in [4.78, 5) is 18.1. The maximum Gasteiger partial charge on any atom is 0.263 e. The van der Waals surface area contributed by atoms with E-state index in [1.807, 2.05) is 67.1 Å². The fraction of sp³-hybridized carbons (Fsp3) is 0.150. The molecule has 0 bridgehead atoms. The summed E-state index contributed by atoms with van der Waals surface area (Å²) in [5.41, 5.74) is 2.84. The molecule has 0 fully saturated rings. The van der Waals surface area contributed by atoms with Crippen LogP contribution in [0.2, 0.25) is 0 Å². The van der Waals surface area contributed by atoms with Crippen LogP contribution >= 0.6 is 22.7 Å². The molecule has 3 aromatic heterocycles. The van der Waals surface area contributed by atoms with E-state index in [1.54, 1.807) is 16.0 Å². The number of nitrogens with one attached hydrogen (secondary N) is 1. The fourth-order valence-electron chi connectivity index (χ4n) is 2.60. The Balaban J connectivity index is 1.47. The first-order valence-electron chi connectivity index (χ1n) is 8.64. The molecular weight excluding hydrogens is 392 g/mol. The van der Waals surface area contributed by atoms with Gasteiger partial charge in [-0.2, -0.15) is 9.78 Å². The van der Waals surface area contributed by atoms with Crippen LogP contribution in [0, 0.1) is 13.8 Å². The third kappa shape index (κ3) is 4.13. The summed E-state index contributed by atoms with van der Waals surface area (Å²) in [7, 11) is 0. The number of carbonyl (C=O) groups is 1. The van der Waals surface area contributed by atoms with Gasteiger partial charge in [-0.3, -0.25) is 4.79 Å². The molecule has 0 aliphatic heterocycles. The predicted molar refractivity (Wildman–Crippen MR) is 113 cm³/mol. The van der Waals surface area contributed by atoms with Crippen LogP contribution in [0.3, 0.4) is 0 Å². The lowest BCUT2D eigenvalue weighted by Crippen LogP contribution is -2.21. The van der Waals surface area contributed by atoms with Crippen molar-refractivity contribution in [2.24, 2.45) is 0 Å². The third-order valence-electron chi connectivity index (χ3n) is 3.94. The van der Waals surface area contributed by atoms with Crippen LogP contribution in [0.5, 0.6) is 5.75 Å². The SMILES string of the molecule is Cc1ccc(OCC(=O)Nc2cc(C)nn2-c2nc(-c3cccs3)cs2)cc1. The molecule has 1 N–H and O–H groups in total. The number of ether oxygens (including phenoxy) is 1. The molecule has 0 saturated heterocycles. The standard InChI is InChI=1S/C20H18N4O2S2/c1-13-5-7-15(8-6-13)26-11-19(25)22-18-10-14(2)23-24(18)20-21-16(12-28-20)17-4-3-9-27-17/h3-10,12H,11H2,1-2H3,(H,22,25). The van der Waals surface area contributed by atoms with Crippen LogP contribution in [0.25, 0.3) is 15.7 Å². The Kier molecular flexibility index (Phi) is 5.23. The fourth-order valence-corrected chi connectivity index (χ4v) is 4.14. The lowest BCUT2D eigenvalue weighted by Gasteiger charge is -2.08. The zero-order chi connectivity index (χ0) is 19.5. The molecule has 0 spiro atoms. The zero-order valence-corrected chi connectivity index (χ0v) is 17.0. The van der Waals surface area contributed by atoms with Gasteiger partial charge >= 0.3 is 0 Å². The molecule has 3 heterocycles. The lowest BCUT2D eigenvalue weighted by molar-refractivity contribution is -0.118. The van der Waals surface area contributed by atoms with Crippen LogP contribution in [0.1, 0.15) is 11.3 Å². The number of carbonyl (C=O) groups excluding carboxylic acids is 1. The van der Waals surface area contributed by atoms with Gasteiger partial charge in [-0.15, -0.1) is 22.7 Å². The van der Waals surface area contributed by atoms with Crippen LogP contribution in [0.15, 0.2) is 53.2 Å². The predicted octanol–water partition coefficient (Wildman–Crippen LogP) is 4.69. The summed E-state index contributed by atoms with van der Waals surface area (Å²) in [6.07, 6.45) is 0.